The number of carbonyl (C=O) groups excluding carboxylic acids is 1. The molecule has 0 aromatic carbocycles. The molecule has 0 fully saturated rings. The van der Waals surface area contributed by atoms with E-state index in [9.17, 15) is 9.90 Å². The van der Waals surface area contributed by atoms with E-state index in [2.05, 4.69) is 48.5 Å². The first-order chi connectivity index (χ1) is 10.6. The van der Waals surface area contributed by atoms with Crippen molar-refractivity contribution in [2.24, 2.45) is 23.7 Å². The third kappa shape index (κ3) is 18.4. The molecule has 3 heteroatoms. The number of carbonyl (C=O) groups is 1. The van der Waals surface area contributed by atoms with E-state index >= 15 is 0 Å². The van der Waals surface area contributed by atoms with Gasteiger partial charge in [-0.25, -0.2) is 0 Å². The van der Waals surface area contributed by atoms with Crippen molar-refractivity contribution >= 4 is 25.7 Å². The molecule has 2 nitrogen and oxygen atoms in total. The van der Waals surface area contributed by atoms with E-state index in [4.69, 9.17) is 0 Å². The van der Waals surface area contributed by atoms with Crippen molar-refractivity contribution in [1.29, 1.82) is 0 Å². The van der Waals surface area contributed by atoms with E-state index in [-0.39, 0.29) is 5.92 Å². The minimum atomic E-state index is -0.976. The second-order valence-corrected chi connectivity index (χ2v) is 15.9. The van der Waals surface area contributed by atoms with Crippen LogP contribution in [0.3, 0.4) is 0 Å². The molecule has 0 saturated carbocycles. The summed E-state index contributed by atoms with van der Waals surface area (Å²) in [6.45, 7) is 18.3. The largest absolute Gasteiger partial charge is 0.550 e. The smallest absolute Gasteiger partial charge is 0.0445 e. The number of unbranched alkanes of at least 4 members (excludes halogenated alkanes) is 1. The van der Waals surface area contributed by atoms with Crippen LogP contribution in [0.4, 0.5) is 0 Å². The molecule has 0 aliphatic carbocycles. The molecule has 0 aromatic rings. The van der Waals surface area contributed by atoms with Crippen LogP contribution in [0.2, 0.25) is 13.3 Å². The van der Waals surface area contributed by atoms with Gasteiger partial charge in [0.1, 0.15) is 0 Å². The maximum atomic E-state index is 10.3. The number of hydrogen-bond acceptors (Lipinski definition) is 2. The van der Waals surface area contributed by atoms with Crippen LogP contribution in [-0.4, -0.2) is 25.7 Å². The van der Waals surface area contributed by atoms with E-state index < -0.39 is 25.7 Å². The van der Waals surface area contributed by atoms with Crippen molar-refractivity contribution < 1.29 is 9.90 Å². The van der Waals surface area contributed by atoms with Crippen LogP contribution in [-0.2, 0) is 4.79 Å². The molecule has 0 aliphatic rings. The molecule has 0 bridgehead atoms. The predicted octanol–water partition coefficient (Wildman–Crippen LogP) is 5.40. The zero-order valence-electron chi connectivity index (χ0n) is 17.1. The van der Waals surface area contributed by atoms with Gasteiger partial charge in [-0.15, -0.1) is 0 Å². The topological polar surface area (TPSA) is 40.1 Å². The number of aliphatic carboxylic acids is 1. The van der Waals surface area contributed by atoms with Crippen LogP contribution in [0, 0.1) is 23.7 Å². The summed E-state index contributed by atoms with van der Waals surface area (Å²) < 4.78 is 4.83. The standard InChI is InChI=1S/C8H16O2.3C4H9.Sn/c1-3-5-6-7(4-2)8(9)10;3*1-4(2)3;/h7H,3-6H2,1-2H3,(H,9,10);3*4H,1H2,2-3H3;/q;;;;+1/p-1. The summed E-state index contributed by atoms with van der Waals surface area (Å²) in [6.07, 6.45) is 3.52. The maximum absolute atomic E-state index is 10.3. The predicted molar refractivity (Wildman–Crippen MR) is 103 cm³/mol. The molecule has 0 radical (unpaired) electrons. The number of carboxylic acid groups (broad SMARTS) is 1. The van der Waals surface area contributed by atoms with E-state index in [0.717, 1.165) is 37.0 Å². The molecule has 0 amide bonds. The Morgan fingerprint density at radius 3 is 1.48 bits per heavy atom. The van der Waals surface area contributed by atoms with Gasteiger partial charge in [0.2, 0.25) is 0 Å². The Balaban J connectivity index is 0. The van der Waals surface area contributed by atoms with E-state index in [1.807, 2.05) is 6.92 Å². The number of rotatable bonds is 11. The summed E-state index contributed by atoms with van der Waals surface area (Å²) in [5, 5.41) is 10.3. The van der Waals surface area contributed by atoms with Gasteiger partial charge in [-0.1, -0.05) is 26.7 Å². The molecule has 23 heavy (non-hydrogen) atoms. The fraction of sp³-hybridized carbons (Fsp3) is 0.950. The SMILES string of the molecule is CC(C)[CH2][Sn+]([CH2]C(C)C)[CH2]C(C)C.CCCCC(CC)C(=O)[O-]. The maximum Gasteiger partial charge on any atom is 0.0445 e. The number of hydrogen-bond donors (Lipinski definition) is 0. The van der Waals surface area contributed by atoms with Gasteiger partial charge < -0.3 is 9.90 Å². The van der Waals surface area contributed by atoms with Gasteiger partial charge in [0, 0.05) is 5.97 Å². The van der Waals surface area contributed by atoms with Gasteiger partial charge in [-0.2, -0.15) is 0 Å². The minimum absolute atomic E-state index is 0.222. The van der Waals surface area contributed by atoms with Gasteiger partial charge in [0.05, 0.1) is 0 Å². The van der Waals surface area contributed by atoms with Crippen molar-refractivity contribution in [3.8, 4) is 0 Å². The molecule has 138 valence electrons. The van der Waals surface area contributed by atoms with Crippen molar-refractivity contribution in [3.63, 3.8) is 0 Å². The summed E-state index contributed by atoms with van der Waals surface area (Å²) in [4.78, 5) is 10.3. The monoisotopic (exact) mass is 434 g/mol. The Bertz CT molecular complexity index is 251. The second kappa shape index (κ2) is 15.8. The molecule has 0 spiro atoms. The molecule has 0 heterocycles. The first-order valence-electron chi connectivity index (χ1n) is 9.68. The van der Waals surface area contributed by atoms with Crippen LogP contribution in [0.5, 0.6) is 0 Å². The van der Waals surface area contributed by atoms with Gasteiger partial charge in [-0.05, 0) is 18.8 Å². The molecule has 1 unspecified atom stereocenters. The Labute approximate surface area is 153 Å². The molecular weight excluding hydrogens is 391 g/mol. The normalized spacial score (nSPS) is 12.3. The third-order valence-electron chi connectivity index (χ3n) is 3.82. The molecular formula is C20H42O2Sn. The summed E-state index contributed by atoms with van der Waals surface area (Å²) in [6, 6.07) is 0. The molecule has 1 atom stereocenters. The van der Waals surface area contributed by atoms with Crippen molar-refractivity contribution in [3.05, 3.63) is 0 Å². The van der Waals surface area contributed by atoms with Crippen molar-refractivity contribution in [1.82, 2.24) is 0 Å². The minimum Gasteiger partial charge on any atom is -0.550 e. The second-order valence-electron chi connectivity index (χ2n) is 8.11. The Morgan fingerprint density at radius 1 is 0.870 bits per heavy atom. The first-order valence-corrected chi connectivity index (χ1v) is 15.7. The van der Waals surface area contributed by atoms with E-state index in [0.29, 0.717) is 6.42 Å². The molecule has 0 saturated heterocycles. The van der Waals surface area contributed by atoms with Crippen LogP contribution in [0.1, 0.15) is 81.1 Å². The van der Waals surface area contributed by atoms with Crippen LogP contribution in [0.25, 0.3) is 0 Å². The molecule has 0 rings (SSSR count). The average molecular weight is 433 g/mol. The summed E-state index contributed by atoms with van der Waals surface area (Å²) in [5.41, 5.74) is 0. The van der Waals surface area contributed by atoms with Gasteiger partial charge in [0.25, 0.3) is 0 Å². The Hall–Kier alpha value is 0.269. The van der Waals surface area contributed by atoms with E-state index in [1.165, 1.54) is 0 Å². The van der Waals surface area contributed by atoms with Crippen molar-refractivity contribution in [2.45, 2.75) is 94.4 Å². The van der Waals surface area contributed by atoms with Crippen LogP contribution in [0.15, 0.2) is 0 Å². The van der Waals surface area contributed by atoms with Gasteiger partial charge in [-0.3, -0.25) is 0 Å². The first kappa shape index (κ1) is 25.5. The zero-order chi connectivity index (χ0) is 18.4. The quantitative estimate of drug-likeness (QED) is 0.410. The zero-order valence-corrected chi connectivity index (χ0v) is 19.9. The number of carboxylic acids is 1. The van der Waals surface area contributed by atoms with E-state index in [1.54, 1.807) is 13.3 Å². The van der Waals surface area contributed by atoms with Crippen LogP contribution >= 0.6 is 0 Å². The fourth-order valence-electron chi connectivity index (χ4n) is 2.92. The molecule has 0 N–H and O–H groups in total. The average Bonchev–Trinajstić information content (AvgIpc) is 2.37. The van der Waals surface area contributed by atoms with Gasteiger partial charge in [0.15, 0.2) is 0 Å². The Kier molecular flexibility index (Phi) is 17.5. The third-order valence-corrected chi connectivity index (χ3v) is 15.8. The van der Waals surface area contributed by atoms with Crippen LogP contribution < -0.4 is 5.11 Å². The fourth-order valence-corrected chi connectivity index (χ4v) is 14.2. The molecule has 0 aromatic heterocycles. The van der Waals surface area contributed by atoms with Crippen molar-refractivity contribution in [2.75, 3.05) is 0 Å². The summed E-state index contributed by atoms with van der Waals surface area (Å²) in [7, 11) is 0. The Morgan fingerprint density at radius 2 is 1.26 bits per heavy atom. The summed E-state index contributed by atoms with van der Waals surface area (Å²) >= 11 is -0.976. The summed E-state index contributed by atoms with van der Waals surface area (Å²) in [5.74, 6) is 1.74. The van der Waals surface area contributed by atoms with Gasteiger partial charge >= 0.3 is 92.4 Å². The molecule has 0 aliphatic heterocycles.